The number of anilines is 3. The summed E-state index contributed by atoms with van der Waals surface area (Å²) in [5.74, 6) is 2.16. The van der Waals surface area contributed by atoms with E-state index in [-0.39, 0.29) is 11.7 Å². The Hall–Kier alpha value is -3.46. The lowest BCUT2D eigenvalue weighted by Gasteiger charge is -2.37. The number of aromatic nitrogens is 2. The minimum absolute atomic E-state index is 0.151. The number of hydrogen-bond acceptors (Lipinski definition) is 8. The number of aryl methyl sites for hydroxylation is 2. The fraction of sp³-hybridized carbons (Fsp3) is 0.346. The Kier molecular flexibility index (Phi) is 7.97. The number of thioether (sulfide) groups is 1. The Bertz CT molecular complexity index is 1160. The highest BCUT2D eigenvalue weighted by Crippen LogP contribution is 2.27. The van der Waals surface area contributed by atoms with E-state index >= 15 is 0 Å². The van der Waals surface area contributed by atoms with Crippen LogP contribution in [0.5, 0.6) is 11.5 Å². The molecule has 0 radical (unpaired) electrons. The van der Waals surface area contributed by atoms with Crippen LogP contribution in [-0.4, -0.2) is 62.0 Å². The lowest BCUT2D eigenvalue weighted by molar-refractivity contribution is -0.113. The van der Waals surface area contributed by atoms with Gasteiger partial charge in [-0.25, -0.2) is 9.97 Å². The van der Waals surface area contributed by atoms with E-state index in [1.165, 1.54) is 28.6 Å². The molecule has 4 rings (SSSR count). The largest absolute Gasteiger partial charge is 0.497 e. The van der Waals surface area contributed by atoms with Crippen molar-refractivity contribution in [2.24, 2.45) is 0 Å². The zero-order valence-corrected chi connectivity index (χ0v) is 21.4. The topological polar surface area (TPSA) is 79.8 Å². The molecule has 0 bridgehead atoms. The summed E-state index contributed by atoms with van der Waals surface area (Å²) < 4.78 is 10.5. The molecule has 3 aromatic rings. The number of hydrogen-bond donors (Lipinski definition) is 1. The van der Waals surface area contributed by atoms with Crippen LogP contribution in [-0.2, 0) is 4.79 Å². The Morgan fingerprint density at radius 3 is 2.34 bits per heavy atom. The second kappa shape index (κ2) is 11.3. The van der Waals surface area contributed by atoms with Crippen molar-refractivity contribution in [3.63, 3.8) is 0 Å². The van der Waals surface area contributed by atoms with Gasteiger partial charge < -0.3 is 24.6 Å². The van der Waals surface area contributed by atoms with Crippen molar-refractivity contribution in [2.45, 2.75) is 19.0 Å². The fourth-order valence-electron chi connectivity index (χ4n) is 4.02. The van der Waals surface area contributed by atoms with Crippen molar-refractivity contribution in [1.29, 1.82) is 0 Å². The molecule has 0 aliphatic carbocycles. The summed E-state index contributed by atoms with van der Waals surface area (Å²) in [7, 11) is 3.15. The molecule has 0 spiro atoms. The van der Waals surface area contributed by atoms with E-state index in [4.69, 9.17) is 14.5 Å². The average Bonchev–Trinajstić information content (AvgIpc) is 2.89. The number of nitrogens with one attached hydrogen (secondary N) is 1. The zero-order valence-electron chi connectivity index (χ0n) is 20.6. The molecule has 1 saturated heterocycles. The fourth-order valence-corrected chi connectivity index (χ4v) is 4.65. The van der Waals surface area contributed by atoms with E-state index in [1.54, 1.807) is 38.6 Å². The molecule has 1 fully saturated rings. The van der Waals surface area contributed by atoms with Gasteiger partial charge in [-0.3, -0.25) is 4.79 Å². The molecular formula is C26H31N5O3S. The maximum atomic E-state index is 12.5. The van der Waals surface area contributed by atoms with E-state index in [9.17, 15) is 4.79 Å². The standard InChI is InChI=1S/C26H31N5O3S/c1-18-5-6-19(2)23(13-18)30-9-11-31(12-10-30)24-7-8-27-26(29-24)35-17-25(32)28-20-14-21(33-3)16-22(15-20)34-4/h5-8,13-16H,9-12,17H2,1-4H3,(H,28,32). The number of nitrogens with zero attached hydrogens (tertiary/aromatic N) is 4. The Balaban J connectivity index is 1.32. The third kappa shape index (κ3) is 6.36. The number of carbonyl (C=O) groups excluding carboxylic acids is 1. The van der Waals surface area contributed by atoms with Crippen molar-refractivity contribution in [1.82, 2.24) is 9.97 Å². The lowest BCUT2D eigenvalue weighted by atomic mass is 10.1. The lowest BCUT2D eigenvalue weighted by Crippen LogP contribution is -2.47. The highest BCUT2D eigenvalue weighted by molar-refractivity contribution is 7.99. The first-order chi connectivity index (χ1) is 16.9. The molecule has 9 heteroatoms. The molecule has 2 heterocycles. The third-order valence-electron chi connectivity index (χ3n) is 5.90. The molecule has 184 valence electrons. The third-order valence-corrected chi connectivity index (χ3v) is 6.76. The number of carbonyl (C=O) groups is 1. The molecule has 1 aliphatic heterocycles. The first kappa shape index (κ1) is 24.7. The van der Waals surface area contributed by atoms with Crippen LogP contribution < -0.4 is 24.6 Å². The normalized spacial score (nSPS) is 13.5. The van der Waals surface area contributed by atoms with Crippen LogP contribution in [0.1, 0.15) is 11.1 Å². The maximum Gasteiger partial charge on any atom is 0.234 e. The second-order valence-corrected chi connectivity index (χ2v) is 9.34. The molecule has 2 aromatic carbocycles. The molecule has 35 heavy (non-hydrogen) atoms. The molecule has 8 nitrogen and oxygen atoms in total. The van der Waals surface area contributed by atoms with Gasteiger partial charge in [0.05, 0.1) is 20.0 Å². The van der Waals surface area contributed by atoms with Crippen LogP contribution >= 0.6 is 11.8 Å². The van der Waals surface area contributed by atoms with Gasteiger partial charge in [0.1, 0.15) is 17.3 Å². The van der Waals surface area contributed by atoms with Gasteiger partial charge in [-0.05, 0) is 37.1 Å². The molecule has 1 aliphatic rings. The van der Waals surface area contributed by atoms with Gasteiger partial charge in [-0.1, -0.05) is 23.9 Å². The van der Waals surface area contributed by atoms with E-state index in [0.717, 1.165) is 32.0 Å². The number of amides is 1. The van der Waals surface area contributed by atoms with Crippen molar-refractivity contribution < 1.29 is 14.3 Å². The SMILES string of the molecule is COc1cc(NC(=O)CSc2nccc(N3CCN(c4cc(C)ccc4C)CC3)n2)cc(OC)c1. The molecule has 0 unspecified atom stereocenters. The van der Waals surface area contributed by atoms with E-state index < -0.39 is 0 Å². The second-order valence-electron chi connectivity index (χ2n) is 8.40. The predicted molar refractivity (Wildman–Crippen MR) is 141 cm³/mol. The van der Waals surface area contributed by atoms with Crippen molar-refractivity contribution in [3.05, 3.63) is 59.8 Å². The van der Waals surface area contributed by atoms with Gasteiger partial charge in [0.25, 0.3) is 0 Å². The van der Waals surface area contributed by atoms with Crippen LogP contribution in [0.2, 0.25) is 0 Å². The average molecular weight is 494 g/mol. The number of ether oxygens (including phenoxy) is 2. The Morgan fingerprint density at radius 2 is 1.66 bits per heavy atom. The van der Waals surface area contributed by atoms with Crippen LogP contribution in [0, 0.1) is 13.8 Å². The molecule has 1 amide bonds. The molecule has 1 N–H and O–H groups in total. The maximum absolute atomic E-state index is 12.5. The summed E-state index contributed by atoms with van der Waals surface area (Å²) in [5.41, 5.74) is 4.50. The first-order valence-corrected chi connectivity index (χ1v) is 12.5. The molecule has 0 saturated carbocycles. The molecule has 0 atom stereocenters. The smallest absolute Gasteiger partial charge is 0.234 e. The predicted octanol–water partition coefficient (Wildman–Crippen LogP) is 4.17. The summed E-state index contributed by atoms with van der Waals surface area (Å²) >= 11 is 1.31. The van der Waals surface area contributed by atoms with E-state index in [2.05, 4.69) is 52.1 Å². The van der Waals surface area contributed by atoms with Gasteiger partial charge in [-0.15, -0.1) is 0 Å². The minimum atomic E-state index is -0.151. The first-order valence-electron chi connectivity index (χ1n) is 11.5. The summed E-state index contributed by atoms with van der Waals surface area (Å²) in [5, 5.41) is 3.46. The van der Waals surface area contributed by atoms with Gasteiger partial charge in [0, 0.05) is 61.9 Å². The van der Waals surface area contributed by atoms with Crippen molar-refractivity contribution in [2.75, 3.05) is 61.3 Å². The quantitative estimate of drug-likeness (QED) is 0.370. The highest BCUT2D eigenvalue weighted by atomic mass is 32.2. The number of methoxy groups -OCH3 is 2. The summed E-state index contributed by atoms with van der Waals surface area (Å²) in [4.78, 5) is 26.3. The minimum Gasteiger partial charge on any atom is -0.497 e. The van der Waals surface area contributed by atoms with Gasteiger partial charge in [-0.2, -0.15) is 0 Å². The van der Waals surface area contributed by atoms with Crippen molar-refractivity contribution in [3.8, 4) is 11.5 Å². The molecular weight excluding hydrogens is 462 g/mol. The highest BCUT2D eigenvalue weighted by Gasteiger charge is 2.20. The summed E-state index contributed by atoms with van der Waals surface area (Å²) in [6.45, 7) is 7.93. The van der Waals surface area contributed by atoms with Crippen LogP contribution in [0.15, 0.2) is 53.8 Å². The van der Waals surface area contributed by atoms with Gasteiger partial charge >= 0.3 is 0 Å². The monoisotopic (exact) mass is 493 g/mol. The van der Waals surface area contributed by atoms with Crippen LogP contribution in [0.25, 0.3) is 0 Å². The van der Waals surface area contributed by atoms with Gasteiger partial charge in [0.15, 0.2) is 5.16 Å². The summed E-state index contributed by atoms with van der Waals surface area (Å²) in [6.07, 6.45) is 1.76. The van der Waals surface area contributed by atoms with Crippen molar-refractivity contribution >= 4 is 34.9 Å². The zero-order chi connectivity index (χ0) is 24.8. The van der Waals surface area contributed by atoms with E-state index in [0.29, 0.717) is 22.3 Å². The Morgan fingerprint density at radius 1 is 0.971 bits per heavy atom. The van der Waals surface area contributed by atoms with Crippen LogP contribution in [0.4, 0.5) is 17.2 Å². The number of rotatable bonds is 8. The number of benzene rings is 2. The number of piperazine rings is 1. The van der Waals surface area contributed by atoms with Gasteiger partial charge in [0.2, 0.25) is 5.91 Å². The molecule has 1 aromatic heterocycles. The Labute approximate surface area is 210 Å². The summed E-state index contributed by atoms with van der Waals surface area (Å²) in [6, 6.07) is 13.8. The van der Waals surface area contributed by atoms with Crippen LogP contribution in [0.3, 0.4) is 0 Å². The van der Waals surface area contributed by atoms with E-state index in [1.807, 2.05) is 6.07 Å².